The number of ether oxygens (including phenoxy) is 3. The van der Waals surface area contributed by atoms with Crippen molar-refractivity contribution in [1.82, 2.24) is 0 Å². The monoisotopic (exact) mass is 478 g/mol. The molecule has 194 valence electrons. The molecule has 0 aliphatic heterocycles. The minimum Gasteiger partial charge on any atom is -0.497 e. The average Bonchev–Trinajstić information content (AvgIpc) is 2.80. The summed E-state index contributed by atoms with van der Waals surface area (Å²) >= 11 is 0. The zero-order chi connectivity index (χ0) is 25.2. The molecular weight excluding hydrogens is 432 g/mol. The van der Waals surface area contributed by atoms with E-state index in [1.54, 1.807) is 12.1 Å². The van der Waals surface area contributed by atoms with Gasteiger partial charge >= 0.3 is 11.9 Å². The van der Waals surface area contributed by atoms with Crippen molar-refractivity contribution in [2.75, 3.05) is 14.2 Å². The third-order valence-corrected chi connectivity index (χ3v) is 6.24. The highest BCUT2D eigenvalue weighted by Crippen LogP contribution is 2.31. The van der Waals surface area contributed by atoms with E-state index in [1.165, 1.54) is 91.8 Å². The summed E-state index contributed by atoms with van der Waals surface area (Å²) in [6.45, 7) is 3.64. The second-order valence-electron chi connectivity index (χ2n) is 9.14. The van der Waals surface area contributed by atoms with Crippen molar-refractivity contribution in [3.63, 3.8) is 0 Å². The minimum absolute atomic E-state index is 0.0887. The molecule has 1 atom stereocenters. The summed E-state index contributed by atoms with van der Waals surface area (Å²) in [6, 6.07) is 3.24. The average molecular weight is 479 g/mol. The van der Waals surface area contributed by atoms with E-state index in [9.17, 15) is 14.7 Å². The first kappa shape index (κ1) is 29.8. The molecule has 0 heterocycles. The Morgan fingerprint density at radius 2 is 1.35 bits per heavy atom. The van der Waals surface area contributed by atoms with Gasteiger partial charge in [0.05, 0.1) is 14.2 Å². The number of hydrogen-bond donors (Lipinski definition) is 1. The van der Waals surface area contributed by atoms with Crippen LogP contribution in [0.25, 0.3) is 0 Å². The van der Waals surface area contributed by atoms with Crippen LogP contribution in [0.5, 0.6) is 11.5 Å². The molecule has 6 nitrogen and oxygen atoms in total. The Morgan fingerprint density at radius 1 is 0.824 bits per heavy atom. The predicted molar refractivity (Wildman–Crippen MR) is 136 cm³/mol. The maximum Gasteiger partial charge on any atom is 0.339 e. The number of benzene rings is 1. The Hall–Kier alpha value is -2.24. The zero-order valence-electron chi connectivity index (χ0n) is 21.8. The molecule has 0 bridgehead atoms. The van der Waals surface area contributed by atoms with Crippen molar-refractivity contribution in [2.45, 2.75) is 116 Å². The first-order chi connectivity index (χ1) is 16.4. The van der Waals surface area contributed by atoms with Crippen LogP contribution in [0.1, 0.15) is 120 Å². The molecule has 0 saturated carbocycles. The van der Waals surface area contributed by atoms with Crippen molar-refractivity contribution >= 4 is 11.9 Å². The van der Waals surface area contributed by atoms with Crippen LogP contribution in [0.4, 0.5) is 0 Å². The van der Waals surface area contributed by atoms with Crippen LogP contribution in [0, 0.1) is 0 Å². The number of carbonyl (C=O) groups excluding carboxylic acids is 1. The number of unbranched alkanes of at least 4 members (excludes halogenated alkanes) is 12. The molecule has 0 fully saturated rings. The Morgan fingerprint density at radius 3 is 1.79 bits per heavy atom. The predicted octanol–water partition coefficient (Wildman–Crippen LogP) is 7.36. The van der Waals surface area contributed by atoms with Gasteiger partial charge in [-0.15, -0.1) is 0 Å². The summed E-state index contributed by atoms with van der Waals surface area (Å²) in [6.07, 6.45) is 17.2. The molecule has 0 aromatic heterocycles. The van der Waals surface area contributed by atoms with Gasteiger partial charge in [-0.3, -0.25) is 4.79 Å². The standard InChI is InChI=1S/C28H46O6/c1-5-6-7-8-9-10-11-12-13-14-15-16-17-18-24(34-22(2)29)19-23-20-25(32-3)21-26(33-4)27(23)28(30)31/h20-21,24H,5-19H2,1-4H3,(H,30,31). The smallest absolute Gasteiger partial charge is 0.339 e. The van der Waals surface area contributed by atoms with Crippen LogP contribution in [-0.2, 0) is 16.0 Å². The van der Waals surface area contributed by atoms with Gasteiger partial charge in [0.15, 0.2) is 0 Å². The van der Waals surface area contributed by atoms with E-state index < -0.39 is 5.97 Å². The quantitative estimate of drug-likeness (QED) is 0.156. The maximum atomic E-state index is 11.9. The first-order valence-electron chi connectivity index (χ1n) is 13.1. The molecule has 1 aromatic carbocycles. The van der Waals surface area contributed by atoms with Crippen LogP contribution in [0.2, 0.25) is 0 Å². The highest BCUT2D eigenvalue weighted by atomic mass is 16.5. The molecule has 6 heteroatoms. The molecule has 1 N–H and O–H groups in total. The molecule has 34 heavy (non-hydrogen) atoms. The second kappa shape index (κ2) is 18.1. The third-order valence-electron chi connectivity index (χ3n) is 6.24. The number of methoxy groups -OCH3 is 2. The summed E-state index contributed by atoms with van der Waals surface area (Å²) in [5.74, 6) is -0.674. The SMILES string of the molecule is CCCCCCCCCCCCCCCC(Cc1cc(OC)cc(OC)c1C(=O)O)OC(C)=O. The van der Waals surface area contributed by atoms with E-state index in [0.717, 1.165) is 12.8 Å². The lowest BCUT2D eigenvalue weighted by atomic mass is 9.96. The van der Waals surface area contributed by atoms with E-state index in [4.69, 9.17) is 14.2 Å². The number of carboxylic acids is 1. The summed E-state index contributed by atoms with van der Waals surface area (Å²) < 4.78 is 16.1. The van der Waals surface area contributed by atoms with Gasteiger partial charge < -0.3 is 19.3 Å². The van der Waals surface area contributed by atoms with Crippen LogP contribution in [0.3, 0.4) is 0 Å². The van der Waals surface area contributed by atoms with Gasteiger partial charge in [0, 0.05) is 19.4 Å². The summed E-state index contributed by atoms with van der Waals surface area (Å²) in [7, 11) is 2.96. The topological polar surface area (TPSA) is 82.1 Å². The Balaban J connectivity index is 2.45. The van der Waals surface area contributed by atoms with Crippen LogP contribution in [-0.4, -0.2) is 37.4 Å². The van der Waals surface area contributed by atoms with E-state index in [2.05, 4.69) is 6.92 Å². The third kappa shape index (κ3) is 12.3. The Bertz CT molecular complexity index is 715. The summed E-state index contributed by atoms with van der Waals surface area (Å²) in [4.78, 5) is 23.5. The molecular formula is C28H46O6. The maximum absolute atomic E-state index is 11.9. The fraction of sp³-hybridized carbons (Fsp3) is 0.714. The van der Waals surface area contributed by atoms with Gasteiger partial charge in [-0.25, -0.2) is 4.79 Å². The minimum atomic E-state index is -1.07. The van der Waals surface area contributed by atoms with Crippen LogP contribution in [0.15, 0.2) is 12.1 Å². The van der Waals surface area contributed by atoms with Crippen molar-refractivity contribution in [2.24, 2.45) is 0 Å². The van der Waals surface area contributed by atoms with Crippen molar-refractivity contribution in [3.05, 3.63) is 23.3 Å². The van der Waals surface area contributed by atoms with E-state index in [1.807, 2.05) is 0 Å². The molecule has 0 aliphatic rings. The number of carboxylic acid groups (broad SMARTS) is 1. The van der Waals surface area contributed by atoms with Crippen LogP contribution >= 0.6 is 0 Å². The molecule has 0 amide bonds. The molecule has 0 spiro atoms. The zero-order valence-corrected chi connectivity index (χ0v) is 21.8. The van der Waals surface area contributed by atoms with Gasteiger partial charge in [0.1, 0.15) is 23.2 Å². The largest absolute Gasteiger partial charge is 0.497 e. The number of carbonyl (C=O) groups is 2. The fourth-order valence-corrected chi connectivity index (χ4v) is 4.40. The Kier molecular flexibility index (Phi) is 15.9. The van der Waals surface area contributed by atoms with Gasteiger partial charge in [0.25, 0.3) is 0 Å². The van der Waals surface area contributed by atoms with E-state index in [0.29, 0.717) is 24.2 Å². The number of rotatable bonds is 20. The highest BCUT2D eigenvalue weighted by Gasteiger charge is 2.22. The number of aromatic carboxylic acids is 1. The van der Waals surface area contributed by atoms with E-state index in [-0.39, 0.29) is 23.4 Å². The molecule has 1 unspecified atom stereocenters. The lowest BCUT2D eigenvalue weighted by Crippen LogP contribution is -2.21. The molecule has 1 aromatic rings. The van der Waals surface area contributed by atoms with E-state index >= 15 is 0 Å². The van der Waals surface area contributed by atoms with Gasteiger partial charge in [0.2, 0.25) is 0 Å². The lowest BCUT2D eigenvalue weighted by molar-refractivity contribution is -0.146. The fourth-order valence-electron chi connectivity index (χ4n) is 4.40. The van der Waals surface area contributed by atoms with Crippen molar-refractivity contribution in [3.8, 4) is 11.5 Å². The number of hydrogen-bond acceptors (Lipinski definition) is 5. The van der Waals surface area contributed by atoms with Gasteiger partial charge in [-0.2, -0.15) is 0 Å². The van der Waals surface area contributed by atoms with Crippen LogP contribution < -0.4 is 9.47 Å². The molecule has 0 saturated heterocycles. The molecule has 0 aliphatic carbocycles. The second-order valence-corrected chi connectivity index (χ2v) is 9.14. The van der Waals surface area contributed by atoms with Gasteiger partial charge in [-0.05, 0) is 24.5 Å². The Labute approximate surface area is 206 Å². The summed E-state index contributed by atoms with van der Waals surface area (Å²) in [5, 5.41) is 9.71. The highest BCUT2D eigenvalue weighted by molar-refractivity contribution is 5.93. The number of esters is 1. The van der Waals surface area contributed by atoms with Gasteiger partial charge in [-0.1, -0.05) is 84.0 Å². The first-order valence-corrected chi connectivity index (χ1v) is 13.1. The normalized spacial score (nSPS) is 11.8. The summed E-state index contributed by atoms with van der Waals surface area (Å²) in [5.41, 5.74) is 0.635. The molecule has 1 rings (SSSR count). The van der Waals surface area contributed by atoms with Crippen molar-refractivity contribution < 1.29 is 28.9 Å². The molecule has 0 radical (unpaired) electrons. The lowest BCUT2D eigenvalue weighted by Gasteiger charge is -2.20. The van der Waals surface area contributed by atoms with Crippen molar-refractivity contribution in [1.29, 1.82) is 0 Å².